The number of aromatic nitrogens is 1. The number of hydrogen-bond acceptors (Lipinski definition) is 4. The Balaban J connectivity index is 2.08. The Hall–Kier alpha value is -0.940. The van der Waals surface area contributed by atoms with Gasteiger partial charge in [0.2, 0.25) is 0 Å². The van der Waals surface area contributed by atoms with Crippen molar-refractivity contribution in [2.24, 2.45) is 0 Å². The van der Waals surface area contributed by atoms with Gasteiger partial charge in [-0.05, 0) is 25.8 Å². The molecule has 0 aliphatic heterocycles. The maximum atomic E-state index is 11.3. The molecule has 5 heteroatoms. The normalized spacial score (nSPS) is 17.1. The topological polar surface area (TPSA) is 53.4 Å². The Kier molecular flexibility index (Phi) is 5.16. The van der Waals surface area contributed by atoms with Gasteiger partial charge in [0.05, 0.1) is 12.2 Å². The fourth-order valence-electron chi connectivity index (χ4n) is 2.85. The molecule has 0 bridgehead atoms. The third-order valence-corrected chi connectivity index (χ3v) is 5.07. The highest BCUT2D eigenvalue weighted by Gasteiger charge is 2.23. The van der Waals surface area contributed by atoms with E-state index in [-0.39, 0.29) is 5.92 Å². The molecule has 1 N–H and O–H groups in total. The lowest BCUT2D eigenvalue weighted by molar-refractivity contribution is 0.0700. The van der Waals surface area contributed by atoms with Gasteiger partial charge in [-0.2, -0.15) is 0 Å². The lowest BCUT2D eigenvalue weighted by Gasteiger charge is -2.30. The number of carboxylic acids is 1. The van der Waals surface area contributed by atoms with Crippen LogP contribution in [0.25, 0.3) is 0 Å². The summed E-state index contributed by atoms with van der Waals surface area (Å²) >= 11 is 1.34. The van der Waals surface area contributed by atoms with Crippen LogP contribution in [0.15, 0.2) is 0 Å². The van der Waals surface area contributed by atoms with Gasteiger partial charge in [-0.25, -0.2) is 9.78 Å². The zero-order valence-corrected chi connectivity index (χ0v) is 13.4. The second kappa shape index (κ2) is 6.68. The fraction of sp³-hybridized carbons (Fsp3) is 0.733. The molecule has 1 aliphatic carbocycles. The van der Waals surface area contributed by atoms with Crippen LogP contribution >= 0.6 is 11.3 Å². The largest absolute Gasteiger partial charge is 0.477 e. The molecule has 2 rings (SSSR count). The molecule has 0 radical (unpaired) electrons. The van der Waals surface area contributed by atoms with E-state index in [1.54, 1.807) is 0 Å². The fourth-order valence-corrected chi connectivity index (χ4v) is 3.98. The second-order valence-corrected chi connectivity index (χ2v) is 7.07. The van der Waals surface area contributed by atoms with Crippen molar-refractivity contribution >= 4 is 17.3 Å². The molecule has 1 aromatic heterocycles. The minimum Gasteiger partial charge on any atom is -0.477 e. The summed E-state index contributed by atoms with van der Waals surface area (Å²) in [6, 6.07) is 0.628. The molecule has 1 fully saturated rings. The van der Waals surface area contributed by atoms with Crippen LogP contribution in [-0.4, -0.2) is 34.0 Å². The number of thiazole rings is 1. The molecule has 1 aromatic rings. The van der Waals surface area contributed by atoms with E-state index in [0.717, 1.165) is 17.2 Å². The number of rotatable bonds is 5. The van der Waals surface area contributed by atoms with Gasteiger partial charge in [-0.1, -0.05) is 33.1 Å². The molecule has 1 aliphatic rings. The summed E-state index contributed by atoms with van der Waals surface area (Å²) in [6.07, 6.45) is 6.48. The van der Waals surface area contributed by atoms with E-state index in [1.807, 2.05) is 13.8 Å². The van der Waals surface area contributed by atoms with Gasteiger partial charge in [-0.15, -0.1) is 11.3 Å². The van der Waals surface area contributed by atoms with Crippen molar-refractivity contribution in [3.63, 3.8) is 0 Å². The van der Waals surface area contributed by atoms with Crippen LogP contribution in [0.4, 0.5) is 0 Å². The molecule has 0 atom stereocenters. The molecule has 0 spiro atoms. The summed E-state index contributed by atoms with van der Waals surface area (Å²) < 4.78 is 0. The third kappa shape index (κ3) is 3.58. The predicted octanol–water partition coefficient (Wildman–Crippen LogP) is 3.73. The molecule has 112 valence electrons. The van der Waals surface area contributed by atoms with Crippen molar-refractivity contribution in [1.82, 2.24) is 9.88 Å². The first-order chi connectivity index (χ1) is 9.49. The minimum absolute atomic E-state index is 0.158. The van der Waals surface area contributed by atoms with E-state index >= 15 is 0 Å². The summed E-state index contributed by atoms with van der Waals surface area (Å²) in [6.45, 7) is 4.76. The van der Waals surface area contributed by atoms with Crippen LogP contribution in [0.1, 0.15) is 72.2 Å². The molecule has 4 nitrogen and oxygen atoms in total. The Morgan fingerprint density at radius 2 is 2.05 bits per heavy atom. The molecule has 0 saturated heterocycles. The third-order valence-electron chi connectivity index (χ3n) is 4.02. The van der Waals surface area contributed by atoms with E-state index in [1.165, 1.54) is 43.4 Å². The van der Waals surface area contributed by atoms with Crippen LogP contribution in [-0.2, 0) is 6.54 Å². The number of carboxylic acid groups (broad SMARTS) is 1. The van der Waals surface area contributed by atoms with Crippen molar-refractivity contribution in [3.05, 3.63) is 15.6 Å². The summed E-state index contributed by atoms with van der Waals surface area (Å²) in [5.41, 5.74) is 0.731. The van der Waals surface area contributed by atoms with E-state index < -0.39 is 5.97 Å². The Morgan fingerprint density at radius 3 is 2.55 bits per heavy atom. The van der Waals surface area contributed by atoms with Gasteiger partial charge >= 0.3 is 5.97 Å². The van der Waals surface area contributed by atoms with E-state index in [0.29, 0.717) is 10.9 Å². The average Bonchev–Trinajstić information content (AvgIpc) is 2.84. The molecular formula is C15H24N2O2S. The zero-order valence-electron chi connectivity index (χ0n) is 12.6. The van der Waals surface area contributed by atoms with Crippen molar-refractivity contribution < 1.29 is 9.90 Å². The first-order valence-corrected chi connectivity index (χ1v) is 8.23. The molecule has 20 heavy (non-hydrogen) atoms. The molecule has 0 amide bonds. The van der Waals surface area contributed by atoms with Crippen LogP contribution in [0, 0.1) is 0 Å². The van der Waals surface area contributed by atoms with Crippen molar-refractivity contribution in [3.8, 4) is 0 Å². The molecule has 1 saturated carbocycles. The van der Waals surface area contributed by atoms with E-state index in [9.17, 15) is 9.90 Å². The highest BCUT2D eigenvalue weighted by molar-refractivity contribution is 7.13. The van der Waals surface area contributed by atoms with Gasteiger partial charge in [0, 0.05) is 6.04 Å². The molecule has 0 unspecified atom stereocenters. The monoisotopic (exact) mass is 296 g/mol. The zero-order chi connectivity index (χ0) is 14.7. The Labute approximate surface area is 124 Å². The lowest BCUT2D eigenvalue weighted by Crippen LogP contribution is -2.32. The van der Waals surface area contributed by atoms with Crippen LogP contribution in [0.3, 0.4) is 0 Å². The van der Waals surface area contributed by atoms with Crippen molar-refractivity contribution in [2.45, 2.75) is 64.5 Å². The van der Waals surface area contributed by atoms with Crippen LogP contribution < -0.4 is 0 Å². The summed E-state index contributed by atoms with van der Waals surface area (Å²) in [4.78, 5) is 18.6. The number of aromatic carboxylic acids is 1. The standard InChI is InChI=1S/C15H24N2O2S/c1-10(2)13-14(15(18)19)20-12(16-13)9-17(3)11-7-5-4-6-8-11/h10-11H,4-9H2,1-3H3,(H,18,19). The summed E-state index contributed by atoms with van der Waals surface area (Å²) in [5, 5.41) is 10.2. The smallest absolute Gasteiger partial charge is 0.347 e. The number of hydrogen-bond donors (Lipinski definition) is 1. The molecular weight excluding hydrogens is 272 g/mol. The minimum atomic E-state index is -0.849. The Bertz CT molecular complexity index is 464. The molecule has 0 aromatic carbocycles. The first-order valence-electron chi connectivity index (χ1n) is 7.42. The predicted molar refractivity (Wildman–Crippen MR) is 81.5 cm³/mol. The first kappa shape index (κ1) is 15.4. The lowest BCUT2D eigenvalue weighted by atomic mass is 9.94. The van der Waals surface area contributed by atoms with Crippen LogP contribution in [0.2, 0.25) is 0 Å². The quantitative estimate of drug-likeness (QED) is 0.899. The summed E-state index contributed by atoms with van der Waals surface area (Å²) in [7, 11) is 2.13. The highest BCUT2D eigenvalue weighted by atomic mass is 32.1. The number of nitrogens with zero attached hydrogens (tertiary/aromatic N) is 2. The maximum Gasteiger partial charge on any atom is 0.347 e. The maximum absolute atomic E-state index is 11.3. The van der Waals surface area contributed by atoms with Gasteiger partial charge in [-0.3, -0.25) is 4.90 Å². The van der Waals surface area contributed by atoms with Gasteiger partial charge in [0.1, 0.15) is 9.88 Å². The van der Waals surface area contributed by atoms with Gasteiger partial charge in [0.15, 0.2) is 0 Å². The Morgan fingerprint density at radius 1 is 1.40 bits per heavy atom. The van der Waals surface area contributed by atoms with Gasteiger partial charge < -0.3 is 5.11 Å². The van der Waals surface area contributed by atoms with Crippen molar-refractivity contribution in [2.75, 3.05) is 7.05 Å². The van der Waals surface area contributed by atoms with Crippen molar-refractivity contribution in [1.29, 1.82) is 0 Å². The highest BCUT2D eigenvalue weighted by Crippen LogP contribution is 2.28. The average molecular weight is 296 g/mol. The second-order valence-electron chi connectivity index (χ2n) is 5.99. The van der Waals surface area contributed by atoms with E-state index in [2.05, 4.69) is 16.9 Å². The van der Waals surface area contributed by atoms with Crippen LogP contribution in [0.5, 0.6) is 0 Å². The summed E-state index contributed by atoms with van der Waals surface area (Å²) in [5.74, 6) is -0.691. The SMILES string of the molecule is CC(C)c1nc(CN(C)C2CCCCC2)sc1C(=O)O. The number of carbonyl (C=O) groups is 1. The van der Waals surface area contributed by atoms with E-state index in [4.69, 9.17) is 0 Å². The van der Waals surface area contributed by atoms with Gasteiger partial charge in [0.25, 0.3) is 0 Å². The molecule has 1 heterocycles.